The second kappa shape index (κ2) is 4.73. The maximum atomic E-state index is 6.14. The van der Waals surface area contributed by atoms with Crippen LogP contribution in [0.5, 0.6) is 0 Å². The first-order valence-corrected chi connectivity index (χ1v) is 6.42. The van der Waals surface area contributed by atoms with Crippen LogP contribution in [-0.2, 0) is 0 Å². The molecule has 2 rings (SSSR count). The van der Waals surface area contributed by atoms with E-state index in [-0.39, 0.29) is 6.04 Å². The third-order valence-corrected chi connectivity index (χ3v) is 4.01. The van der Waals surface area contributed by atoms with Gasteiger partial charge in [0.15, 0.2) is 0 Å². The second-order valence-corrected chi connectivity index (χ2v) is 5.33. The van der Waals surface area contributed by atoms with E-state index < -0.39 is 0 Å². The minimum absolute atomic E-state index is 0.240. The van der Waals surface area contributed by atoms with E-state index in [9.17, 15) is 0 Å². The highest BCUT2D eigenvalue weighted by molar-refractivity contribution is 9.10. The lowest BCUT2D eigenvalue weighted by molar-refractivity contribution is 0.487. The summed E-state index contributed by atoms with van der Waals surface area (Å²) in [7, 11) is 0. The molecule has 0 saturated heterocycles. The van der Waals surface area contributed by atoms with Crippen molar-refractivity contribution in [1.29, 1.82) is 0 Å². The molecule has 0 spiro atoms. The third kappa shape index (κ3) is 2.24. The van der Waals surface area contributed by atoms with Gasteiger partial charge in [-0.25, -0.2) is 0 Å². The zero-order valence-electron chi connectivity index (χ0n) is 8.71. The van der Waals surface area contributed by atoms with Gasteiger partial charge < -0.3 is 10.2 Å². The highest BCUT2D eigenvalue weighted by atomic mass is 79.9. The Kier molecular flexibility index (Phi) is 3.52. The van der Waals surface area contributed by atoms with E-state index in [1.807, 2.05) is 25.1 Å². The van der Waals surface area contributed by atoms with Crippen molar-refractivity contribution in [3.63, 3.8) is 0 Å². The first kappa shape index (κ1) is 11.9. The largest absolute Gasteiger partial charge is 0.466 e. The Hall–Kier alpha value is -0.580. The van der Waals surface area contributed by atoms with Crippen LogP contribution in [0.15, 0.2) is 43.9 Å². The summed E-state index contributed by atoms with van der Waals surface area (Å²) in [6.07, 6.45) is 1.63. The zero-order chi connectivity index (χ0) is 11.7. The van der Waals surface area contributed by atoms with Crippen molar-refractivity contribution in [2.24, 2.45) is 5.73 Å². The molecule has 0 aliphatic carbocycles. The Morgan fingerprint density at radius 3 is 2.50 bits per heavy atom. The number of furan rings is 1. The van der Waals surface area contributed by atoms with Gasteiger partial charge in [0.05, 0.1) is 16.8 Å². The smallest absolute Gasteiger partial charge is 0.139 e. The van der Waals surface area contributed by atoms with Crippen molar-refractivity contribution in [1.82, 2.24) is 0 Å². The minimum Gasteiger partial charge on any atom is -0.466 e. The zero-order valence-corrected chi connectivity index (χ0v) is 11.9. The number of nitrogens with two attached hydrogens (primary N) is 1. The van der Waals surface area contributed by atoms with Gasteiger partial charge in [0.1, 0.15) is 5.76 Å². The fourth-order valence-corrected chi connectivity index (χ4v) is 2.23. The van der Waals surface area contributed by atoms with Gasteiger partial charge in [-0.2, -0.15) is 0 Å². The molecule has 0 aliphatic heterocycles. The van der Waals surface area contributed by atoms with Crippen molar-refractivity contribution < 1.29 is 4.42 Å². The van der Waals surface area contributed by atoms with Crippen molar-refractivity contribution in [2.45, 2.75) is 13.0 Å². The molecular formula is C12H11Br2NO. The molecule has 2 N–H and O–H groups in total. The van der Waals surface area contributed by atoms with Crippen molar-refractivity contribution in [2.75, 3.05) is 0 Å². The van der Waals surface area contributed by atoms with Gasteiger partial charge in [-0.1, -0.05) is 28.1 Å². The van der Waals surface area contributed by atoms with Gasteiger partial charge in [0, 0.05) is 4.47 Å². The third-order valence-electron chi connectivity index (χ3n) is 2.47. The van der Waals surface area contributed by atoms with Gasteiger partial charge in [-0.05, 0) is 46.1 Å². The number of hydrogen-bond acceptors (Lipinski definition) is 2. The molecule has 0 saturated carbocycles. The first-order valence-electron chi connectivity index (χ1n) is 4.84. The fraction of sp³-hybridized carbons (Fsp3) is 0.167. The molecule has 4 heteroatoms. The van der Waals surface area contributed by atoms with Gasteiger partial charge in [0.25, 0.3) is 0 Å². The van der Waals surface area contributed by atoms with Gasteiger partial charge in [0.2, 0.25) is 0 Å². The van der Waals surface area contributed by atoms with Crippen LogP contribution in [0.25, 0.3) is 0 Å². The Bertz CT molecular complexity index is 507. The molecule has 0 amide bonds. The standard InChI is InChI=1S/C12H11Br2NO/c1-7-6-8(2-3-9(7)13)11(15)12-10(14)4-5-16-12/h2-6,11H,15H2,1H3. The first-order chi connectivity index (χ1) is 7.59. The maximum Gasteiger partial charge on any atom is 0.139 e. The lowest BCUT2D eigenvalue weighted by Gasteiger charge is -2.11. The quantitative estimate of drug-likeness (QED) is 0.888. The summed E-state index contributed by atoms with van der Waals surface area (Å²) in [5, 5.41) is 0. The van der Waals surface area contributed by atoms with Crippen molar-refractivity contribution in [3.05, 3.63) is 56.4 Å². The molecule has 2 nitrogen and oxygen atoms in total. The molecule has 1 heterocycles. The van der Waals surface area contributed by atoms with Crippen molar-refractivity contribution >= 4 is 31.9 Å². The van der Waals surface area contributed by atoms with Crippen molar-refractivity contribution in [3.8, 4) is 0 Å². The van der Waals surface area contributed by atoms with Gasteiger partial charge in [-0.15, -0.1) is 0 Å². The van der Waals surface area contributed by atoms with E-state index in [0.717, 1.165) is 25.8 Å². The molecular weight excluding hydrogens is 334 g/mol. The van der Waals surface area contributed by atoms with E-state index in [2.05, 4.69) is 37.9 Å². The normalized spacial score (nSPS) is 12.8. The Balaban J connectivity index is 2.38. The Morgan fingerprint density at radius 2 is 1.94 bits per heavy atom. The van der Waals surface area contributed by atoms with Crippen LogP contribution in [0.3, 0.4) is 0 Å². The predicted octanol–water partition coefficient (Wildman–Crippen LogP) is 4.16. The van der Waals surface area contributed by atoms with Crippen LogP contribution in [0.4, 0.5) is 0 Å². The van der Waals surface area contributed by atoms with E-state index in [0.29, 0.717) is 0 Å². The second-order valence-electron chi connectivity index (χ2n) is 3.62. The summed E-state index contributed by atoms with van der Waals surface area (Å²) in [4.78, 5) is 0. The molecule has 1 unspecified atom stereocenters. The van der Waals surface area contributed by atoms with Crippen LogP contribution >= 0.6 is 31.9 Å². The van der Waals surface area contributed by atoms with Gasteiger partial charge >= 0.3 is 0 Å². The lowest BCUT2D eigenvalue weighted by atomic mass is 10.0. The molecule has 1 atom stereocenters. The SMILES string of the molecule is Cc1cc(C(N)c2occc2Br)ccc1Br. The highest BCUT2D eigenvalue weighted by Gasteiger charge is 2.15. The molecule has 84 valence electrons. The number of halogens is 2. The average molecular weight is 345 g/mol. The summed E-state index contributed by atoms with van der Waals surface area (Å²) >= 11 is 6.88. The van der Waals surface area contributed by atoms with E-state index in [1.165, 1.54) is 0 Å². The van der Waals surface area contributed by atoms with E-state index >= 15 is 0 Å². The maximum absolute atomic E-state index is 6.14. The van der Waals surface area contributed by atoms with Crippen LogP contribution < -0.4 is 5.73 Å². The van der Waals surface area contributed by atoms with Gasteiger partial charge in [-0.3, -0.25) is 0 Å². The van der Waals surface area contributed by atoms with E-state index in [4.69, 9.17) is 10.2 Å². The minimum atomic E-state index is -0.240. The van der Waals surface area contributed by atoms with E-state index in [1.54, 1.807) is 6.26 Å². The molecule has 1 aromatic heterocycles. The Morgan fingerprint density at radius 1 is 1.19 bits per heavy atom. The number of hydrogen-bond donors (Lipinski definition) is 1. The monoisotopic (exact) mass is 343 g/mol. The molecule has 0 bridgehead atoms. The summed E-state index contributed by atoms with van der Waals surface area (Å²) in [6, 6.07) is 7.67. The molecule has 16 heavy (non-hydrogen) atoms. The van der Waals surface area contributed by atoms with Crippen LogP contribution in [0.2, 0.25) is 0 Å². The number of rotatable bonds is 2. The average Bonchev–Trinajstić information content (AvgIpc) is 2.67. The molecule has 0 radical (unpaired) electrons. The molecule has 0 aliphatic rings. The molecule has 1 aromatic carbocycles. The fourth-order valence-electron chi connectivity index (χ4n) is 1.54. The molecule has 0 fully saturated rings. The summed E-state index contributed by atoms with van der Waals surface area (Å²) < 4.78 is 7.36. The summed E-state index contributed by atoms with van der Waals surface area (Å²) in [5.74, 6) is 0.752. The molecule has 2 aromatic rings. The topological polar surface area (TPSA) is 39.2 Å². The van der Waals surface area contributed by atoms with Crippen LogP contribution in [-0.4, -0.2) is 0 Å². The lowest BCUT2D eigenvalue weighted by Crippen LogP contribution is -2.11. The number of benzene rings is 1. The Labute approximate surface area is 111 Å². The summed E-state index contributed by atoms with van der Waals surface area (Å²) in [5.41, 5.74) is 8.34. The summed E-state index contributed by atoms with van der Waals surface area (Å²) in [6.45, 7) is 2.04. The number of aryl methyl sites for hydroxylation is 1. The predicted molar refractivity (Wildman–Crippen MR) is 71.3 cm³/mol. The van der Waals surface area contributed by atoms with Crippen LogP contribution in [0, 0.1) is 6.92 Å². The highest BCUT2D eigenvalue weighted by Crippen LogP contribution is 2.29. The van der Waals surface area contributed by atoms with Crippen LogP contribution in [0.1, 0.15) is 22.9 Å².